The average molecular weight is 209 g/mol. The Morgan fingerprint density at radius 1 is 1.67 bits per heavy atom. The summed E-state index contributed by atoms with van der Waals surface area (Å²) in [5.41, 5.74) is 0. The van der Waals surface area contributed by atoms with Gasteiger partial charge in [0.15, 0.2) is 5.03 Å². The van der Waals surface area contributed by atoms with Gasteiger partial charge < -0.3 is 4.57 Å². The van der Waals surface area contributed by atoms with Crippen molar-refractivity contribution in [1.82, 2.24) is 9.55 Å². The molecule has 0 atom stereocenters. The van der Waals surface area contributed by atoms with Crippen molar-refractivity contribution in [3.63, 3.8) is 0 Å². The van der Waals surface area contributed by atoms with E-state index in [1.807, 2.05) is 6.92 Å². The first-order valence-electron chi connectivity index (χ1n) is 3.43. The minimum Gasteiger partial charge on any atom is -0.319 e. The standard InChI is InChI=1S/C6H9ClN2O2S/c1-3-9-5(2)8-4-6(9)12(7,10)11/h4H,3H2,1-2H3. The van der Waals surface area contributed by atoms with Crippen molar-refractivity contribution in [1.29, 1.82) is 0 Å². The fourth-order valence-electron chi connectivity index (χ4n) is 1.03. The minimum absolute atomic E-state index is 0.0594. The second kappa shape index (κ2) is 3.06. The normalized spacial score (nSPS) is 11.9. The van der Waals surface area contributed by atoms with Crippen LogP contribution in [0.3, 0.4) is 0 Å². The van der Waals surface area contributed by atoms with Crippen LogP contribution in [0.2, 0.25) is 0 Å². The van der Waals surface area contributed by atoms with Crippen molar-refractivity contribution in [2.24, 2.45) is 0 Å². The average Bonchev–Trinajstić information content (AvgIpc) is 2.29. The van der Waals surface area contributed by atoms with Gasteiger partial charge in [0, 0.05) is 17.2 Å². The molecule has 0 radical (unpaired) electrons. The Labute approximate surface area is 75.6 Å². The molecular formula is C6H9ClN2O2S. The van der Waals surface area contributed by atoms with Crippen LogP contribution in [0.15, 0.2) is 11.2 Å². The van der Waals surface area contributed by atoms with Gasteiger partial charge in [0.25, 0.3) is 9.05 Å². The third-order valence-corrected chi connectivity index (χ3v) is 2.88. The van der Waals surface area contributed by atoms with E-state index in [9.17, 15) is 8.42 Å². The number of rotatable bonds is 2. The lowest BCUT2D eigenvalue weighted by Gasteiger charge is -2.02. The molecule has 12 heavy (non-hydrogen) atoms. The minimum atomic E-state index is -3.65. The van der Waals surface area contributed by atoms with Crippen molar-refractivity contribution in [3.05, 3.63) is 12.0 Å². The molecule has 0 unspecified atom stereocenters. The molecule has 1 heterocycles. The molecule has 1 aromatic heterocycles. The summed E-state index contributed by atoms with van der Waals surface area (Å²) in [6, 6.07) is 0. The molecule has 1 aromatic rings. The van der Waals surface area contributed by atoms with E-state index < -0.39 is 9.05 Å². The first-order valence-corrected chi connectivity index (χ1v) is 5.74. The molecule has 6 heteroatoms. The van der Waals surface area contributed by atoms with Gasteiger partial charge in [0.2, 0.25) is 0 Å². The number of halogens is 1. The first kappa shape index (κ1) is 9.54. The lowest BCUT2D eigenvalue weighted by molar-refractivity contribution is 0.587. The summed E-state index contributed by atoms with van der Waals surface area (Å²) in [5, 5.41) is 0.0594. The Kier molecular flexibility index (Phi) is 2.44. The van der Waals surface area contributed by atoms with Crippen LogP contribution in [0, 0.1) is 6.92 Å². The Morgan fingerprint density at radius 3 is 2.58 bits per heavy atom. The number of hydrogen-bond donors (Lipinski definition) is 0. The molecular weight excluding hydrogens is 200 g/mol. The highest BCUT2D eigenvalue weighted by molar-refractivity contribution is 8.13. The number of aromatic nitrogens is 2. The van der Waals surface area contributed by atoms with Gasteiger partial charge in [-0.05, 0) is 13.8 Å². The molecule has 0 amide bonds. The zero-order valence-electron chi connectivity index (χ0n) is 6.78. The van der Waals surface area contributed by atoms with Gasteiger partial charge in [0.1, 0.15) is 5.82 Å². The van der Waals surface area contributed by atoms with Gasteiger partial charge >= 0.3 is 0 Å². The predicted molar refractivity (Wildman–Crippen MR) is 45.7 cm³/mol. The monoisotopic (exact) mass is 208 g/mol. The van der Waals surface area contributed by atoms with Crippen molar-refractivity contribution >= 4 is 19.7 Å². The van der Waals surface area contributed by atoms with Gasteiger partial charge in [-0.15, -0.1) is 0 Å². The quantitative estimate of drug-likeness (QED) is 0.685. The molecule has 1 rings (SSSR count). The van der Waals surface area contributed by atoms with Crippen LogP contribution in [-0.4, -0.2) is 18.0 Å². The molecule has 68 valence electrons. The molecule has 0 aliphatic carbocycles. The summed E-state index contributed by atoms with van der Waals surface area (Å²) in [5.74, 6) is 0.650. The number of hydrogen-bond acceptors (Lipinski definition) is 3. The fourth-order valence-corrected chi connectivity index (χ4v) is 2.10. The second-order valence-electron chi connectivity index (χ2n) is 2.33. The zero-order valence-corrected chi connectivity index (χ0v) is 8.35. The SMILES string of the molecule is CCn1c(S(=O)(=O)Cl)cnc1C. The van der Waals surface area contributed by atoms with Crippen LogP contribution in [-0.2, 0) is 15.6 Å². The van der Waals surface area contributed by atoms with Gasteiger partial charge in [-0.2, -0.15) is 0 Å². The largest absolute Gasteiger partial charge is 0.319 e. The molecule has 0 saturated heterocycles. The maximum atomic E-state index is 10.9. The number of imidazole rings is 1. The fraction of sp³-hybridized carbons (Fsp3) is 0.500. The van der Waals surface area contributed by atoms with Crippen molar-refractivity contribution in [2.75, 3.05) is 0 Å². The van der Waals surface area contributed by atoms with E-state index in [1.54, 1.807) is 11.5 Å². The first-order chi connectivity index (χ1) is 5.46. The third-order valence-electron chi connectivity index (χ3n) is 1.58. The maximum absolute atomic E-state index is 10.9. The van der Waals surface area contributed by atoms with Gasteiger partial charge in [0.05, 0.1) is 6.20 Å². The Morgan fingerprint density at radius 2 is 2.25 bits per heavy atom. The summed E-state index contributed by atoms with van der Waals surface area (Å²) < 4.78 is 23.4. The molecule has 0 N–H and O–H groups in total. The third kappa shape index (κ3) is 1.61. The highest BCUT2D eigenvalue weighted by Gasteiger charge is 2.16. The van der Waals surface area contributed by atoms with Crippen LogP contribution in [0.25, 0.3) is 0 Å². The summed E-state index contributed by atoms with van der Waals surface area (Å²) in [6.45, 7) is 4.11. The summed E-state index contributed by atoms with van der Waals surface area (Å²) in [7, 11) is 1.52. The van der Waals surface area contributed by atoms with E-state index in [1.165, 1.54) is 6.20 Å². The van der Waals surface area contributed by atoms with E-state index in [0.717, 1.165) is 0 Å². The lowest BCUT2D eigenvalue weighted by atomic mass is 10.6. The Bertz CT molecular complexity index is 382. The molecule has 0 aliphatic heterocycles. The highest BCUT2D eigenvalue weighted by Crippen LogP contribution is 2.15. The predicted octanol–water partition coefficient (Wildman–Crippen LogP) is 1.14. The molecule has 0 aromatic carbocycles. The summed E-state index contributed by atoms with van der Waals surface area (Å²) in [4.78, 5) is 3.85. The van der Waals surface area contributed by atoms with Crippen LogP contribution in [0.4, 0.5) is 0 Å². The van der Waals surface area contributed by atoms with E-state index in [2.05, 4.69) is 4.98 Å². The van der Waals surface area contributed by atoms with E-state index >= 15 is 0 Å². The Balaban J connectivity index is 3.36. The molecule has 4 nitrogen and oxygen atoms in total. The van der Waals surface area contributed by atoms with Gasteiger partial charge in [-0.25, -0.2) is 13.4 Å². The lowest BCUT2D eigenvalue weighted by Crippen LogP contribution is -2.04. The van der Waals surface area contributed by atoms with E-state index in [-0.39, 0.29) is 5.03 Å². The topological polar surface area (TPSA) is 52.0 Å². The second-order valence-corrected chi connectivity index (χ2v) is 4.84. The maximum Gasteiger partial charge on any atom is 0.278 e. The van der Waals surface area contributed by atoms with Gasteiger partial charge in [-0.1, -0.05) is 0 Å². The molecule has 0 spiro atoms. The number of nitrogens with zero attached hydrogens (tertiary/aromatic N) is 2. The summed E-state index contributed by atoms with van der Waals surface area (Å²) >= 11 is 0. The molecule has 0 saturated carbocycles. The molecule has 0 bridgehead atoms. The van der Waals surface area contributed by atoms with Crippen LogP contribution < -0.4 is 0 Å². The van der Waals surface area contributed by atoms with Crippen LogP contribution >= 0.6 is 10.7 Å². The van der Waals surface area contributed by atoms with Crippen LogP contribution in [0.5, 0.6) is 0 Å². The van der Waals surface area contributed by atoms with Crippen molar-refractivity contribution in [3.8, 4) is 0 Å². The van der Waals surface area contributed by atoms with E-state index in [0.29, 0.717) is 12.4 Å². The summed E-state index contributed by atoms with van der Waals surface area (Å²) in [6.07, 6.45) is 1.27. The Hall–Kier alpha value is -0.550. The number of aryl methyl sites for hydroxylation is 1. The van der Waals surface area contributed by atoms with E-state index in [4.69, 9.17) is 10.7 Å². The van der Waals surface area contributed by atoms with Crippen molar-refractivity contribution in [2.45, 2.75) is 25.4 Å². The highest BCUT2D eigenvalue weighted by atomic mass is 35.7. The molecule has 0 fully saturated rings. The molecule has 0 aliphatic rings. The van der Waals surface area contributed by atoms with Crippen LogP contribution in [0.1, 0.15) is 12.7 Å². The van der Waals surface area contributed by atoms with Crippen molar-refractivity contribution < 1.29 is 8.42 Å². The van der Waals surface area contributed by atoms with Gasteiger partial charge in [-0.3, -0.25) is 0 Å². The smallest absolute Gasteiger partial charge is 0.278 e. The zero-order chi connectivity index (χ0) is 9.35.